The van der Waals surface area contributed by atoms with Gasteiger partial charge < -0.3 is 9.84 Å². The van der Waals surface area contributed by atoms with Crippen molar-refractivity contribution in [1.82, 2.24) is 5.16 Å². The van der Waals surface area contributed by atoms with Crippen molar-refractivity contribution in [3.05, 3.63) is 33.7 Å². The molecule has 1 unspecified atom stereocenters. The van der Waals surface area contributed by atoms with E-state index in [9.17, 15) is 4.79 Å². The van der Waals surface area contributed by atoms with E-state index in [-0.39, 0.29) is 5.91 Å². The first-order chi connectivity index (χ1) is 9.26. The average Bonchev–Trinajstić information content (AvgIpc) is 3.05. The van der Waals surface area contributed by atoms with Gasteiger partial charge in [0.2, 0.25) is 0 Å². The number of aromatic nitrogens is 1. The predicted octanol–water partition coefficient (Wildman–Crippen LogP) is 3.50. The molecule has 0 bridgehead atoms. The third-order valence-electron chi connectivity index (χ3n) is 3.67. The molecule has 0 saturated carbocycles. The number of carbonyl (C=O) groups excluding carboxylic acids is 1. The van der Waals surface area contributed by atoms with Crippen LogP contribution in [-0.2, 0) is 12.8 Å². The van der Waals surface area contributed by atoms with E-state index in [2.05, 4.69) is 17.4 Å². The van der Waals surface area contributed by atoms with Crippen molar-refractivity contribution in [2.45, 2.75) is 32.6 Å². The number of hydrogen-bond acceptors (Lipinski definition) is 4. The highest BCUT2D eigenvalue weighted by Gasteiger charge is 2.22. The molecule has 0 aromatic carbocycles. The third-order valence-corrected chi connectivity index (χ3v) is 4.90. The molecule has 0 fully saturated rings. The molecule has 1 aliphatic rings. The van der Waals surface area contributed by atoms with Crippen molar-refractivity contribution >= 4 is 23.1 Å². The fourth-order valence-electron chi connectivity index (χ4n) is 2.51. The SMILES string of the molecule is CCC1CCc2sc(C(=O)Nc3ccon3)cc2C1. The van der Waals surface area contributed by atoms with Crippen molar-refractivity contribution in [1.29, 1.82) is 0 Å². The molecule has 2 aromatic rings. The quantitative estimate of drug-likeness (QED) is 0.933. The van der Waals surface area contributed by atoms with E-state index in [4.69, 9.17) is 4.52 Å². The summed E-state index contributed by atoms with van der Waals surface area (Å²) in [6, 6.07) is 3.68. The first-order valence-corrected chi connectivity index (χ1v) is 7.41. The molecule has 5 heteroatoms. The fraction of sp³-hybridized carbons (Fsp3) is 0.429. The second-order valence-electron chi connectivity index (χ2n) is 4.91. The number of fused-ring (bicyclic) bond motifs is 1. The monoisotopic (exact) mass is 276 g/mol. The summed E-state index contributed by atoms with van der Waals surface area (Å²) in [7, 11) is 0. The summed E-state index contributed by atoms with van der Waals surface area (Å²) in [5, 5.41) is 6.43. The van der Waals surface area contributed by atoms with Crippen LogP contribution in [0, 0.1) is 5.92 Å². The van der Waals surface area contributed by atoms with Crippen LogP contribution in [0.3, 0.4) is 0 Å². The Bertz CT molecular complexity index is 574. The van der Waals surface area contributed by atoms with Crippen molar-refractivity contribution in [3.8, 4) is 0 Å². The summed E-state index contributed by atoms with van der Waals surface area (Å²) in [6.45, 7) is 2.24. The van der Waals surface area contributed by atoms with Gasteiger partial charge in [0.1, 0.15) is 6.26 Å². The van der Waals surface area contributed by atoms with Crippen LogP contribution >= 0.6 is 11.3 Å². The van der Waals surface area contributed by atoms with E-state index in [1.54, 1.807) is 17.4 Å². The average molecular weight is 276 g/mol. The van der Waals surface area contributed by atoms with Gasteiger partial charge in [-0.1, -0.05) is 18.5 Å². The van der Waals surface area contributed by atoms with Crippen LogP contribution in [0.1, 0.15) is 39.9 Å². The van der Waals surface area contributed by atoms with Crippen LogP contribution in [0.25, 0.3) is 0 Å². The smallest absolute Gasteiger partial charge is 0.266 e. The maximum atomic E-state index is 12.1. The zero-order valence-corrected chi connectivity index (χ0v) is 11.6. The lowest BCUT2D eigenvalue weighted by Gasteiger charge is -2.19. The molecule has 4 nitrogen and oxygen atoms in total. The van der Waals surface area contributed by atoms with Gasteiger partial charge in [-0.05, 0) is 36.8 Å². The summed E-state index contributed by atoms with van der Waals surface area (Å²) in [6.07, 6.45) is 6.13. The van der Waals surface area contributed by atoms with Crippen molar-refractivity contribution in [2.75, 3.05) is 5.32 Å². The van der Waals surface area contributed by atoms with E-state index in [1.807, 2.05) is 6.07 Å². The third kappa shape index (κ3) is 2.56. The van der Waals surface area contributed by atoms with Gasteiger partial charge in [-0.3, -0.25) is 4.79 Å². The lowest BCUT2D eigenvalue weighted by Crippen LogP contribution is -2.11. The van der Waals surface area contributed by atoms with Gasteiger partial charge in [0.05, 0.1) is 4.88 Å². The van der Waals surface area contributed by atoms with Crippen LogP contribution < -0.4 is 5.32 Å². The lowest BCUT2D eigenvalue weighted by molar-refractivity contribution is 0.102. The zero-order chi connectivity index (χ0) is 13.2. The summed E-state index contributed by atoms with van der Waals surface area (Å²) in [5.41, 5.74) is 1.36. The second-order valence-corrected chi connectivity index (χ2v) is 6.05. The minimum atomic E-state index is -0.0960. The van der Waals surface area contributed by atoms with Gasteiger partial charge in [-0.15, -0.1) is 11.3 Å². The van der Waals surface area contributed by atoms with Crippen molar-refractivity contribution in [2.24, 2.45) is 5.92 Å². The van der Waals surface area contributed by atoms with Gasteiger partial charge in [0.25, 0.3) is 5.91 Å². The minimum Gasteiger partial charge on any atom is -0.363 e. The van der Waals surface area contributed by atoms with E-state index in [1.165, 1.54) is 29.5 Å². The highest BCUT2D eigenvalue weighted by molar-refractivity contribution is 7.14. The summed E-state index contributed by atoms with van der Waals surface area (Å²) < 4.78 is 4.70. The molecule has 1 N–H and O–H groups in total. The van der Waals surface area contributed by atoms with Crippen LogP contribution in [-0.4, -0.2) is 11.1 Å². The summed E-state index contributed by atoms with van der Waals surface area (Å²) in [5.74, 6) is 1.14. The normalized spacial score (nSPS) is 18.1. The molecule has 2 heterocycles. The molecule has 0 spiro atoms. The Kier molecular flexibility index (Phi) is 3.38. The summed E-state index contributed by atoms with van der Waals surface area (Å²) in [4.78, 5) is 14.2. The fourth-order valence-corrected chi connectivity index (χ4v) is 3.62. The number of carbonyl (C=O) groups is 1. The molecule has 1 amide bonds. The van der Waals surface area contributed by atoms with Gasteiger partial charge in [0, 0.05) is 10.9 Å². The molecule has 0 radical (unpaired) electrons. The second kappa shape index (κ2) is 5.17. The van der Waals surface area contributed by atoms with Crippen LogP contribution in [0.5, 0.6) is 0 Å². The number of amides is 1. The zero-order valence-electron chi connectivity index (χ0n) is 10.8. The van der Waals surface area contributed by atoms with E-state index in [0.29, 0.717) is 5.82 Å². The molecule has 3 rings (SSSR count). The Hall–Kier alpha value is -1.62. The molecule has 0 aliphatic heterocycles. The number of nitrogens with one attached hydrogen (secondary N) is 1. The minimum absolute atomic E-state index is 0.0960. The molecule has 19 heavy (non-hydrogen) atoms. The summed E-state index contributed by atoms with van der Waals surface area (Å²) >= 11 is 1.61. The Morgan fingerprint density at radius 1 is 1.63 bits per heavy atom. The number of anilines is 1. The predicted molar refractivity (Wildman–Crippen MR) is 74.6 cm³/mol. The number of aryl methyl sites for hydroxylation is 1. The van der Waals surface area contributed by atoms with E-state index < -0.39 is 0 Å². The van der Waals surface area contributed by atoms with Crippen LogP contribution in [0.4, 0.5) is 5.82 Å². The standard InChI is InChI=1S/C14H16N2O2S/c1-2-9-3-4-11-10(7-9)8-12(19-11)14(17)15-13-5-6-18-16-13/h5-6,8-9H,2-4,7H2,1H3,(H,15,16,17). The molecule has 0 saturated heterocycles. The number of rotatable bonds is 3. The van der Waals surface area contributed by atoms with Gasteiger partial charge in [-0.25, -0.2) is 0 Å². The van der Waals surface area contributed by atoms with E-state index >= 15 is 0 Å². The van der Waals surface area contributed by atoms with Gasteiger partial charge >= 0.3 is 0 Å². The maximum absolute atomic E-state index is 12.1. The van der Waals surface area contributed by atoms with Gasteiger partial charge in [0.15, 0.2) is 5.82 Å². The van der Waals surface area contributed by atoms with Crippen molar-refractivity contribution in [3.63, 3.8) is 0 Å². The highest BCUT2D eigenvalue weighted by atomic mass is 32.1. The lowest BCUT2D eigenvalue weighted by atomic mass is 9.87. The first kappa shape index (κ1) is 12.4. The van der Waals surface area contributed by atoms with Crippen LogP contribution in [0.2, 0.25) is 0 Å². The van der Waals surface area contributed by atoms with Crippen LogP contribution in [0.15, 0.2) is 22.9 Å². The van der Waals surface area contributed by atoms with Crippen molar-refractivity contribution < 1.29 is 9.32 Å². The molecular formula is C14H16N2O2S. The van der Waals surface area contributed by atoms with Gasteiger partial charge in [-0.2, -0.15) is 0 Å². The molecule has 1 aliphatic carbocycles. The molecule has 1 atom stereocenters. The largest absolute Gasteiger partial charge is 0.363 e. The Morgan fingerprint density at radius 2 is 2.53 bits per heavy atom. The first-order valence-electron chi connectivity index (χ1n) is 6.59. The number of nitrogens with zero attached hydrogens (tertiary/aromatic N) is 1. The number of hydrogen-bond donors (Lipinski definition) is 1. The van der Waals surface area contributed by atoms with E-state index in [0.717, 1.165) is 23.6 Å². The Morgan fingerprint density at radius 3 is 3.26 bits per heavy atom. The maximum Gasteiger partial charge on any atom is 0.266 e. The Balaban J connectivity index is 1.76. The molecular weight excluding hydrogens is 260 g/mol. The molecule has 100 valence electrons. The molecule has 2 aromatic heterocycles. The highest BCUT2D eigenvalue weighted by Crippen LogP contribution is 2.33. The number of thiophene rings is 1. The Labute approximate surface area is 115 Å². The topological polar surface area (TPSA) is 55.1 Å².